The van der Waals surface area contributed by atoms with E-state index in [-0.39, 0.29) is 12.0 Å². The van der Waals surface area contributed by atoms with Gasteiger partial charge >= 0.3 is 0 Å². The van der Waals surface area contributed by atoms with Gasteiger partial charge in [-0.15, -0.1) is 0 Å². The fraction of sp³-hybridized carbons (Fsp3) is 0.238. The highest BCUT2D eigenvalue weighted by molar-refractivity contribution is 5.96. The van der Waals surface area contributed by atoms with Crippen LogP contribution in [-0.4, -0.2) is 27.6 Å². The van der Waals surface area contributed by atoms with E-state index in [0.29, 0.717) is 6.42 Å². The Labute approximate surface area is 162 Å². The molecule has 5 rings (SSSR count). The molecule has 0 unspecified atom stereocenters. The van der Waals surface area contributed by atoms with Crippen LogP contribution in [0.1, 0.15) is 31.4 Å². The van der Waals surface area contributed by atoms with E-state index >= 15 is 0 Å². The number of pyridine rings is 1. The number of anilines is 3. The van der Waals surface area contributed by atoms with Gasteiger partial charge in [0.1, 0.15) is 17.7 Å². The monoisotopic (exact) mass is 373 g/mol. The fourth-order valence-corrected chi connectivity index (χ4v) is 3.79. The van der Waals surface area contributed by atoms with Crippen molar-refractivity contribution >= 4 is 23.1 Å². The number of fused-ring (bicyclic) bond motifs is 3. The third-order valence-electron chi connectivity index (χ3n) is 5.17. The van der Waals surface area contributed by atoms with Crippen molar-refractivity contribution in [3.63, 3.8) is 0 Å². The maximum Gasteiger partial charge on any atom is 0.227 e. The number of nitrogens with zero attached hydrogens (tertiary/aromatic N) is 4. The molecule has 1 atom stereocenters. The molecule has 0 spiro atoms. The average Bonchev–Trinajstić information content (AvgIpc) is 3.14. The summed E-state index contributed by atoms with van der Waals surface area (Å²) in [4.78, 5) is 18.4. The Bertz CT molecular complexity index is 1050. The van der Waals surface area contributed by atoms with Crippen LogP contribution in [0.4, 0.5) is 17.2 Å². The van der Waals surface area contributed by atoms with Crippen LogP contribution >= 0.6 is 0 Å². The standard InChI is InChI=1S/C21H19N5O2/c1-13-17-10-20(25-14-6-7-23-24-11-14)22-12-18(17)16-5-4-15(9-19(16)28-13)26-8-2-3-21(26)27/h4-7,9-13H,2-3,8H2,1H3,(H,22,23,25)/t13-/m0/s1. The minimum absolute atomic E-state index is 0.119. The van der Waals surface area contributed by atoms with E-state index in [1.807, 2.05) is 48.4 Å². The maximum atomic E-state index is 12.1. The number of rotatable bonds is 3. The van der Waals surface area contributed by atoms with E-state index in [0.717, 1.165) is 52.6 Å². The average molecular weight is 373 g/mol. The molecule has 0 radical (unpaired) electrons. The predicted molar refractivity (Wildman–Crippen MR) is 106 cm³/mol. The zero-order valence-electron chi connectivity index (χ0n) is 15.4. The molecule has 28 heavy (non-hydrogen) atoms. The number of hydrogen-bond acceptors (Lipinski definition) is 6. The van der Waals surface area contributed by atoms with E-state index in [4.69, 9.17) is 4.74 Å². The van der Waals surface area contributed by atoms with Gasteiger partial charge in [-0.1, -0.05) is 0 Å². The zero-order chi connectivity index (χ0) is 19.1. The Balaban J connectivity index is 1.49. The van der Waals surface area contributed by atoms with Gasteiger partial charge in [0.05, 0.1) is 18.1 Å². The van der Waals surface area contributed by atoms with E-state index < -0.39 is 0 Å². The van der Waals surface area contributed by atoms with Gasteiger partial charge in [0, 0.05) is 47.6 Å². The van der Waals surface area contributed by atoms with Crippen molar-refractivity contribution in [3.8, 4) is 16.9 Å². The summed E-state index contributed by atoms with van der Waals surface area (Å²) in [6.07, 6.45) is 6.55. The third-order valence-corrected chi connectivity index (χ3v) is 5.17. The van der Waals surface area contributed by atoms with Crippen molar-refractivity contribution in [1.82, 2.24) is 15.2 Å². The third kappa shape index (κ3) is 2.85. The molecule has 0 saturated carbocycles. The van der Waals surface area contributed by atoms with Crippen LogP contribution in [0.25, 0.3) is 11.1 Å². The number of amides is 1. The first-order chi connectivity index (χ1) is 13.7. The molecule has 1 N–H and O–H groups in total. The minimum atomic E-state index is -0.119. The van der Waals surface area contributed by atoms with Crippen molar-refractivity contribution in [2.75, 3.05) is 16.8 Å². The first-order valence-electron chi connectivity index (χ1n) is 9.34. The van der Waals surface area contributed by atoms with Crippen molar-refractivity contribution in [2.24, 2.45) is 0 Å². The Kier molecular flexibility index (Phi) is 3.93. The first-order valence-corrected chi connectivity index (χ1v) is 9.34. The first kappa shape index (κ1) is 16.7. The summed E-state index contributed by atoms with van der Waals surface area (Å²) in [7, 11) is 0. The number of nitrogens with one attached hydrogen (secondary N) is 1. The Hall–Kier alpha value is -3.48. The minimum Gasteiger partial charge on any atom is -0.485 e. The molecular weight excluding hydrogens is 354 g/mol. The predicted octanol–water partition coefficient (Wildman–Crippen LogP) is 3.86. The summed E-state index contributed by atoms with van der Waals surface area (Å²) in [5.41, 5.74) is 4.83. The Morgan fingerprint density at radius 2 is 2.07 bits per heavy atom. The van der Waals surface area contributed by atoms with Gasteiger partial charge in [-0.3, -0.25) is 4.79 Å². The molecule has 2 aliphatic rings. The number of ether oxygens (including phenoxy) is 1. The zero-order valence-corrected chi connectivity index (χ0v) is 15.4. The lowest BCUT2D eigenvalue weighted by atomic mass is 9.94. The number of aromatic nitrogens is 3. The molecule has 140 valence electrons. The summed E-state index contributed by atoms with van der Waals surface area (Å²) in [6, 6.07) is 9.81. The van der Waals surface area contributed by atoms with Crippen molar-refractivity contribution in [3.05, 3.63) is 54.5 Å². The lowest BCUT2D eigenvalue weighted by molar-refractivity contribution is -0.117. The van der Waals surface area contributed by atoms with Crippen LogP contribution in [0.5, 0.6) is 5.75 Å². The van der Waals surface area contributed by atoms with E-state index in [1.165, 1.54) is 0 Å². The maximum absolute atomic E-state index is 12.1. The van der Waals surface area contributed by atoms with Crippen molar-refractivity contribution in [2.45, 2.75) is 25.9 Å². The van der Waals surface area contributed by atoms with Crippen LogP contribution in [0.15, 0.2) is 48.9 Å². The number of hydrogen-bond donors (Lipinski definition) is 1. The highest BCUT2D eigenvalue weighted by Gasteiger charge is 2.27. The summed E-state index contributed by atoms with van der Waals surface area (Å²) in [5, 5.41) is 10.9. The number of benzene rings is 1. The molecule has 1 saturated heterocycles. The molecule has 7 nitrogen and oxygen atoms in total. The van der Waals surface area contributed by atoms with E-state index in [2.05, 4.69) is 20.5 Å². The van der Waals surface area contributed by atoms with Gasteiger partial charge < -0.3 is 15.0 Å². The van der Waals surface area contributed by atoms with Gasteiger partial charge in [-0.25, -0.2) is 4.98 Å². The molecule has 0 bridgehead atoms. The summed E-state index contributed by atoms with van der Waals surface area (Å²) in [5.74, 6) is 1.69. The van der Waals surface area contributed by atoms with E-state index in [9.17, 15) is 4.79 Å². The van der Waals surface area contributed by atoms with Gasteiger partial charge in [0.25, 0.3) is 0 Å². The van der Waals surface area contributed by atoms with Gasteiger partial charge in [0.2, 0.25) is 5.91 Å². The van der Waals surface area contributed by atoms with Crippen molar-refractivity contribution in [1.29, 1.82) is 0 Å². The second-order valence-corrected chi connectivity index (χ2v) is 7.00. The smallest absolute Gasteiger partial charge is 0.227 e. The number of carbonyl (C=O) groups excluding carboxylic acids is 1. The summed E-state index contributed by atoms with van der Waals surface area (Å²) >= 11 is 0. The van der Waals surface area contributed by atoms with E-state index in [1.54, 1.807) is 12.4 Å². The van der Waals surface area contributed by atoms with Crippen LogP contribution < -0.4 is 15.0 Å². The summed E-state index contributed by atoms with van der Waals surface area (Å²) < 4.78 is 6.18. The normalized spacial score (nSPS) is 17.7. The Morgan fingerprint density at radius 1 is 1.14 bits per heavy atom. The van der Waals surface area contributed by atoms with Gasteiger partial charge in [-0.2, -0.15) is 10.2 Å². The molecule has 2 aromatic heterocycles. The van der Waals surface area contributed by atoms with Gasteiger partial charge in [-0.05, 0) is 37.6 Å². The lowest BCUT2D eigenvalue weighted by Gasteiger charge is -2.28. The van der Waals surface area contributed by atoms with Crippen molar-refractivity contribution < 1.29 is 9.53 Å². The lowest BCUT2D eigenvalue weighted by Crippen LogP contribution is -2.24. The second-order valence-electron chi connectivity index (χ2n) is 7.00. The highest BCUT2D eigenvalue weighted by Crippen LogP contribution is 2.44. The van der Waals surface area contributed by atoms with Crippen LogP contribution in [0, 0.1) is 0 Å². The second kappa shape index (κ2) is 6.60. The Morgan fingerprint density at radius 3 is 2.86 bits per heavy atom. The van der Waals surface area contributed by atoms with Crippen LogP contribution in [0.2, 0.25) is 0 Å². The molecular formula is C21H19N5O2. The van der Waals surface area contributed by atoms with Crippen LogP contribution in [0.3, 0.4) is 0 Å². The molecule has 0 aliphatic carbocycles. The molecule has 1 amide bonds. The summed E-state index contributed by atoms with van der Waals surface area (Å²) in [6.45, 7) is 2.79. The van der Waals surface area contributed by atoms with Crippen LogP contribution in [-0.2, 0) is 4.79 Å². The number of carbonyl (C=O) groups is 1. The molecule has 4 heterocycles. The molecule has 1 aromatic carbocycles. The fourth-order valence-electron chi connectivity index (χ4n) is 3.79. The molecule has 2 aliphatic heterocycles. The SMILES string of the molecule is C[C@@H]1Oc2cc(N3CCCC3=O)ccc2-c2cnc(Nc3ccnnc3)cc21. The largest absolute Gasteiger partial charge is 0.485 e. The highest BCUT2D eigenvalue weighted by atomic mass is 16.5. The molecule has 7 heteroatoms. The molecule has 1 fully saturated rings. The quantitative estimate of drug-likeness (QED) is 0.751. The topological polar surface area (TPSA) is 80.2 Å². The van der Waals surface area contributed by atoms with Gasteiger partial charge in [0.15, 0.2) is 0 Å². The molecule has 3 aromatic rings.